The molecular formula is C19H21ClSi. The Balaban J connectivity index is 2.08. The molecule has 0 radical (unpaired) electrons. The molecule has 0 spiro atoms. The summed E-state index contributed by atoms with van der Waals surface area (Å²) in [5.74, 6) is 0.347. The van der Waals surface area contributed by atoms with Gasteiger partial charge < -0.3 is 0 Å². The average molecular weight is 313 g/mol. The maximum absolute atomic E-state index is 6.03. The molecule has 0 amide bonds. The van der Waals surface area contributed by atoms with Gasteiger partial charge in [0, 0.05) is 19.7 Å². The Bertz CT molecular complexity index is 659. The van der Waals surface area contributed by atoms with Crippen molar-refractivity contribution in [2.75, 3.05) is 0 Å². The fraction of sp³-hybridized carbons (Fsp3) is 0.263. The molecule has 108 valence electrons. The average Bonchev–Trinajstić information content (AvgIpc) is 2.64. The van der Waals surface area contributed by atoms with E-state index in [0.717, 1.165) is 5.02 Å². The van der Waals surface area contributed by atoms with Crippen molar-refractivity contribution < 1.29 is 0 Å². The molecule has 0 fully saturated rings. The maximum Gasteiger partial charge on any atom is 0.0439 e. The first-order valence-corrected chi connectivity index (χ1v) is 11.0. The summed E-state index contributed by atoms with van der Waals surface area (Å²) in [4.78, 5) is 0. The van der Waals surface area contributed by atoms with Crippen molar-refractivity contribution in [2.24, 2.45) is 0 Å². The van der Waals surface area contributed by atoms with Crippen molar-refractivity contribution in [1.29, 1.82) is 0 Å². The molecule has 3 rings (SSSR count). The summed E-state index contributed by atoms with van der Waals surface area (Å²) in [7, 11) is -0.751. The van der Waals surface area contributed by atoms with Gasteiger partial charge in [-0.25, -0.2) is 0 Å². The predicted octanol–water partition coefficient (Wildman–Crippen LogP) is 5.66. The molecular weight excluding hydrogens is 292 g/mol. The van der Waals surface area contributed by atoms with Crippen molar-refractivity contribution in [3.63, 3.8) is 0 Å². The zero-order valence-corrected chi connectivity index (χ0v) is 14.7. The lowest BCUT2D eigenvalue weighted by molar-refractivity contribution is 1.02. The van der Waals surface area contributed by atoms with E-state index in [1.807, 2.05) is 12.1 Å². The fourth-order valence-corrected chi connectivity index (χ4v) is 5.89. The number of halogens is 1. The van der Waals surface area contributed by atoms with Gasteiger partial charge in [0.1, 0.15) is 0 Å². The van der Waals surface area contributed by atoms with E-state index in [-0.39, 0.29) is 0 Å². The zero-order chi connectivity index (χ0) is 15.0. The highest BCUT2D eigenvalue weighted by Gasteiger charge is 2.30. The van der Waals surface area contributed by atoms with Crippen molar-refractivity contribution >= 4 is 20.4 Å². The number of rotatable bonds is 2. The molecule has 0 aromatic heterocycles. The van der Waals surface area contributed by atoms with Crippen LogP contribution in [0.1, 0.15) is 18.4 Å². The Morgan fingerprint density at radius 1 is 1.00 bits per heavy atom. The number of hydrogen-bond donors (Lipinski definition) is 0. The van der Waals surface area contributed by atoms with Gasteiger partial charge >= 0.3 is 0 Å². The molecule has 21 heavy (non-hydrogen) atoms. The second kappa shape index (κ2) is 5.82. The molecule has 2 unspecified atom stereocenters. The Morgan fingerprint density at radius 2 is 1.71 bits per heavy atom. The van der Waals surface area contributed by atoms with E-state index < -0.39 is 8.80 Å². The molecule has 1 aromatic carbocycles. The van der Waals surface area contributed by atoms with Crippen LogP contribution in [0.2, 0.25) is 23.7 Å². The molecule has 0 nitrogen and oxygen atoms in total. The summed E-state index contributed by atoms with van der Waals surface area (Å²) >= 11 is 6.03. The van der Waals surface area contributed by atoms with Gasteiger partial charge in [-0.1, -0.05) is 72.8 Å². The second-order valence-electron chi connectivity index (χ2n) is 6.29. The van der Waals surface area contributed by atoms with E-state index in [1.165, 1.54) is 11.1 Å². The maximum atomic E-state index is 6.03. The summed E-state index contributed by atoms with van der Waals surface area (Å²) < 4.78 is 0. The molecule has 0 heterocycles. The monoisotopic (exact) mass is 312 g/mol. The van der Waals surface area contributed by atoms with Crippen LogP contribution in [-0.4, -0.2) is 8.80 Å². The summed E-state index contributed by atoms with van der Waals surface area (Å²) in [6.07, 6.45) is 11.4. The van der Waals surface area contributed by atoms with Crippen LogP contribution < -0.4 is 0 Å². The summed E-state index contributed by atoms with van der Waals surface area (Å²) in [6, 6.07) is 8.28. The van der Waals surface area contributed by atoms with Crippen molar-refractivity contribution in [2.45, 2.75) is 31.5 Å². The smallest absolute Gasteiger partial charge is 0.0439 e. The van der Waals surface area contributed by atoms with Gasteiger partial charge in [0.2, 0.25) is 0 Å². The zero-order valence-electron chi connectivity index (χ0n) is 12.8. The van der Waals surface area contributed by atoms with E-state index in [2.05, 4.69) is 62.5 Å². The first-order valence-electron chi connectivity index (χ1n) is 7.60. The van der Waals surface area contributed by atoms with Gasteiger partial charge in [0.05, 0.1) is 0 Å². The van der Waals surface area contributed by atoms with Crippen molar-refractivity contribution in [3.05, 3.63) is 82.0 Å². The molecule has 0 saturated heterocycles. The molecule has 2 atom stereocenters. The minimum absolute atomic E-state index is 0.347. The third kappa shape index (κ3) is 2.73. The standard InChI is InChI=1S/C19H21ClSi/c1-13-12-18-16(14-8-10-15(20)11-9-14)6-4-5-7-17(18)19(13)21(2)3/h4-12,16,19,21H,1-3H3. The Morgan fingerprint density at radius 3 is 2.38 bits per heavy atom. The molecule has 2 aliphatic carbocycles. The van der Waals surface area contributed by atoms with E-state index in [0.29, 0.717) is 11.5 Å². The highest BCUT2D eigenvalue weighted by Crippen LogP contribution is 2.46. The quantitative estimate of drug-likeness (QED) is 0.618. The molecule has 0 bridgehead atoms. The number of hydrogen-bond acceptors (Lipinski definition) is 0. The minimum atomic E-state index is -0.751. The SMILES string of the molecule is CC1=CC2=C(C=CC=CC2c2ccc(Cl)cc2)C1[SiH](C)C. The van der Waals surface area contributed by atoms with Crippen LogP contribution in [0.15, 0.2) is 71.4 Å². The Kier molecular flexibility index (Phi) is 4.05. The van der Waals surface area contributed by atoms with Crippen LogP contribution >= 0.6 is 11.6 Å². The molecule has 2 heteroatoms. The highest BCUT2D eigenvalue weighted by molar-refractivity contribution is 6.59. The first-order chi connectivity index (χ1) is 10.1. The predicted molar refractivity (Wildman–Crippen MR) is 95.9 cm³/mol. The fourth-order valence-electron chi connectivity index (χ4n) is 3.60. The first kappa shape index (κ1) is 14.6. The van der Waals surface area contributed by atoms with Gasteiger partial charge in [-0.2, -0.15) is 0 Å². The second-order valence-corrected chi connectivity index (χ2v) is 9.89. The lowest BCUT2D eigenvalue weighted by Gasteiger charge is -2.20. The largest absolute Gasteiger partial charge is 0.0843 e. The van der Waals surface area contributed by atoms with Crippen LogP contribution in [0.3, 0.4) is 0 Å². The third-order valence-corrected chi connectivity index (χ3v) is 6.93. The Hall–Kier alpha value is -1.31. The lowest BCUT2D eigenvalue weighted by atomic mass is 9.90. The normalized spacial score (nSPS) is 24.3. The summed E-state index contributed by atoms with van der Waals surface area (Å²) in [5.41, 5.74) is 6.57. The number of allylic oxidation sites excluding steroid dienone is 8. The Labute approximate surface area is 134 Å². The molecule has 0 saturated carbocycles. The molecule has 1 aromatic rings. The van der Waals surface area contributed by atoms with Gasteiger partial charge in [-0.3, -0.25) is 0 Å². The van der Waals surface area contributed by atoms with E-state index in [4.69, 9.17) is 11.6 Å². The van der Waals surface area contributed by atoms with Crippen molar-refractivity contribution in [3.8, 4) is 0 Å². The minimum Gasteiger partial charge on any atom is -0.0843 e. The van der Waals surface area contributed by atoms with E-state index in [1.54, 1.807) is 11.1 Å². The molecule has 0 aliphatic heterocycles. The van der Waals surface area contributed by atoms with E-state index >= 15 is 0 Å². The van der Waals surface area contributed by atoms with E-state index in [9.17, 15) is 0 Å². The number of benzene rings is 1. The van der Waals surface area contributed by atoms with Crippen LogP contribution in [0, 0.1) is 0 Å². The van der Waals surface area contributed by atoms with Gasteiger partial charge in [-0.05, 0) is 41.3 Å². The molecule has 0 N–H and O–H groups in total. The highest BCUT2D eigenvalue weighted by atomic mass is 35.5. The lowest BCUT2D eigenvalue weighted by Crippen LogP contribution is -2.13. The van der Waals surface area contributed by atoms with Crippen molar-refractivity contribution in [1.82, 2.24) is 0 Å². The van der Waals surface area contributed by atoms with Gasteiger partial charge in [0.25, 0.3) is 0 Å². The topological polar surface area (TPSA) is 0 Å². The van der Waals surface area contributed by atoms with Crippen LogP contribution in [0.4, 0.5) is 0 Å². The summed E-state index contributed by atoms with van der Waals surface area (Å²) in [5, 5.41) is 0.800. The van der Waals surface area contributed by atoms with Crippen LogP contribution in [0.5, 0.6) is 0 Å². The van der Waals surface area contributed by atoms with Gasteiger partial charge in [0.15, 0.2) is 0 Å². The third-order valence-electron chi connectivity index (χ3n) is 4.46. The van der Waals surface area contributed by atoms with Crippen LogP contribution in [-0.2, 0) is 0 Å². The van der Waals surface area contributed by atoms with Gasteiger partial charge in [-0.15, -0.1) is 0 Å². The molecule has 2 aliphatic rings. The summed E-state index contributed by atoms with van der Waals surface area (Å²) in [6.45, 7) is 7.19. The van der Waals surface area contributed by atoms with Crippen LogP contribution in [0.25, 0.3) is 0 Å².